The fraction of sp³-hybridized carbons (Fsp3) is 1.00. The van der Waals surface area contributed by atoms with Gasteiger partial charge in [0.2, 0.25) is 0 Å². The third-order valence-electron chi connectivity index (χ3n) is 4.53. The standard InChI is InChI=1S/C13H25NOS/c1-12(2,10-14)11-3-6-15-13(9-11)4-7-16-8-5-13/h11H,3-10,14H2,1-2H3. The topological polar surface area (TPSA) is 35.2 Å². The van der Waals surface area contributed by atoms with Crippen molar-refractivity contribution in [3.63, 3.8) is 0 Å². The lowest BCUT2D eigenvalue weighted by atomic mass is 9.69. The van der Waals surface area contributed by atoms with Gasteiger partial charge < -0.3 is 10.5 Å². The Kier molecular flexibility index (Phi) is 3.87. The van der Waals surface area contributed by atoms with E-state index >= 15 is 0 Å². The quantitative estimate of drug-likeness (QED) is 0.810. The summed E-state index contributed by atoms with van der Waals surface area (Å²) in [6.07, 6.45) is 4.92. The van der Waals surface area contributed by atoms with E-state index in [-0.39, 0.29) is 11.0 Å². The van der Waals surface area contributed by atoms with Gasteiger partial charge in [-0.15, -0.1) is 0 Å². The van der Waals surface area contributed by atoms with E-state index in [0.717, 1.165) is 19.1 Å². The van der Waals surface area contributed by atoms with Gasteiger partial charge in [-0.25, -0.2) is 0 Å². The Morgan fingerprint density at radius 2 is 2.06 bits per heavy atom. The van der Waals surface area contributed by atoms with E-state index in [1.807, 2.05) is 0 Å². The van der Waals surface area contributed by atoms with Crippen molar-refractivity contribution in [1.29, 1.82) is 0 Å². The van der Waals surface area contributed by atoms with Crippen LogP contribution < -0.4 is 5.73 Å². The first-order valence-corrected chi connectivity index (χ1v) is 7.65. The van der Waals surface area contributed by atoms with Crippen LogP contribution in [0.1, 0.15) is 39.5 Å². The first-order chi connectivity index (χ1) is 7.58. The maximum atomic E-state index is 6.12. The summed E-state index contributed by atoms with van der Waals surface area (Å²) in [6, 6.07) is 0. The number of hydrogen-bond acceptors (Lipinski definition) is 3. The van der Waals surface area contributed by atoms with Crippen molar-refractivity contribution in [2.75, 3.05) is 24.7 Å². The SMILES string of the molecule is CC(C)(CN)C1CCOC2(CCSCC2)C1. The van der Waals surface area contributed by atoms with Gasteiger partial charge in [0.25, 0.3) is 0 Å². The summed E-state index contributed by atoms with van der Waals surface area (Å²) >= 11 is 2.07. The largest absolute Gasteiger partial charge is 0.375 e. The molecule has 3 heteroatoms. The third-order valence-corrected chi connectivity index (χ3v) is 5.51. The molecule has 2 rings (SSSR count). The Labute approximate surface area is 104 Å². The van der Waals surface area contributed by atoms with Crippen molar-refractivity contribution in [1.82, 2.24) is 0 Å². The molecule has 16 heavy (non-hydrogen) atoms. The normalized spacial score (nSPS) is 30.6. The molecule has 1 unspecified atom stereocenters. The molecule has 2 fully saturated rings. The van der Waals surface area contributed by atoms with Crippen LogP contribution in [0.4, 0.5) is 0 Å². The molecule has 0 aromatic carbocycles. The van der Waals surface area contributed by atoms with E-state index in [0.29, 0.717) is 0 Å². The van der Waals surface area contributed by atoms with Gasteiger partial charge in [-0.05, 0) is 55.1 Å². The van der Waals surface area contributed by atoms with E-state index in [2.05, 4.69) is 25.6 Å². The van der Waals surface area contributed by atoms with Crippen LogP contribution in [-0.4, -0.2) is 30.3 Å². The minimum absolute atomic E-state index is 0.209. The molecule has 2 aliphatic rings. The lowest BCUT2D eigenvalue weighted by Gasteiger charge is -2.47. The molecule has 1 atom stereocenters. The summed E-state index contributed by atoms with van der Waals surface area (Å²) in [5.74, 6) is 3.29. The molecule has 0 amide bonds. The van der Waals surface area contributed by atoms with Crippen LogP contribution in [0.15, 0.2) is 0 Å². The van der Waals surface area contributed by atoms with Crippen molar-refractivity contribution in [2.45, 2.75) is 45.1 Å². The molecule has 2 saturated heterocycles. The first kappa shape index (κ1) is 12.7. The molecule has 0 aromatic rings. The van der Waals surface area contributed by atoms with Gasteiger partial charge in [-0.3, -0.25) is 0 Å². The van der Waals surface area contributed by atoms with Gasteiger partial charge in [0, 0.05) is 6.61 Å². The molecule has 0 aromatic heterocycles. The van der Waals surface area contributed by atoms with E-state index < -0.39 is 0 Å². The van der Waals surface area contributed by atoms with Crippen LogP contribution in [0.5, 0.6) is 0 Å². The van der Waals surface area contributed by atoms with Crippen LogP contribution in [0, 0.1) is 11.3 Å². The third kappa shape index (κ3) is 2.57. The zero-order chi connectivity index (χ0) is 11.6. The van der Waals surface area contributed by atoms with Crippen LogP contribution in [0.2, 0.25) is 0 Å². The second-order valence-corrected chi connectivity index (χ2v) is 7.25. The Morgan fingerprint density at radius 1 is 1.38 bits per heavy atom. The average molecular weight is 243 g/mol. The first-order valence-electron chi connectivity index (χ1n) is 6.50. The van der Waals surface area contributed by atoms with Crippen LogP contribution in [0.25, 0.3) is 0 Å². The molecule has 2 heterocycles. The maximum Gasteiger partial charge on any atom is 0.0701 e. The number of hydrogen-bond donors (Lipinski definition) is 1. The van der Waals surface area contributed by atoms with E-state index in [1.54, 1.807) is 0 Å². The molecule has 0 aliphatic carbocycles. The van der Waals surface area contributed by atoms with Gasteiger partial charge in [0.15, 0.2) is 0 Å². The molecule has 2 N–H and O–H groups in total. The zero-order valence-corrected chi connectivity index (χ0v) is 11.4. The zero-order valence-electron chi connectivity index (χ0n) is 10.6. The Bertz CT molecular complexity index is 231. The van der Waals surface area contributed by atoms with Crippen LogP contribution in [0.3, 0.4) is 0 Å². The number of ether oxygens (including phenoxy) is 1. The molecular formula is C13H25NOS. The summed E-state index contributed by atoms with van der Waals surface area (Å²) in [6.45, 7) is 6.36. The Balaban J connectivity index is 2.03. The van der Waals surface area contributed by atoms with Gasteiger partial charge in [-0.1, -0.05) is 13.8 Å². The van der Waals surface area contributed by atoms with Crippen molar-refractivity contribution in [2.24, 2.45) is 17.1 Å². The molecule has 2 nitrogen and oxygen atoms in total. The highest BCUT2D eigenvalue weighted by atomic mass is 32.2. The molecule has 0 radical (unpaired) electrons. The van der Waals surface area contributed by atoms with Crippen LogP contribution in [-0.2, 0) is 4.74 Å². The van der Waals surface area contributed by atoms with E-state index in [4.69, 9.17) is 10.5 Å². The summed E-state index contributed by atoms with van der Waals surface area (Å²) in [4.78, 5) is 0. The highest BCUT2D eigenvalue weighted by Crippen LogP contribution is 2.45. The van der Waals surface area contributed by atoms with E-state index in [1.165, 1.54) is 37.2 Å². The van der Waals surface area contributed by atoms with E-state index in [9.17, 15) is 0 Å². The Hall–Kier alpha value is 0.270. The average Bonchev–Trinajstić information content (AvgIpc) is 2.30. The molecular weight excluding hydrogens is 218 g/mol. The predicted octanol–water partition coefficient (Wildman–Crippen LogP) is 2.66. The second kappa shape index (κ2) is 4.87. The summed E-state index contributed by atoms with van der Waals surface area (Å²) in [5, 5.41) is 0. The summed E-state index contributed by atoms with van der Waals surface area (Å²) in [7, 11) is 0. The maximum absolute atomic E-state index is 6.12. The van der Waals surface area contributed by atoms with Gasteiger partial charge >= 0.3 is 0 Å². The monoisotopic (exact) mass is 243 g/mol. The highest BCUT2D eigenvalue weighted by Gasteiger charge is 2.42. The fourth-order valence-electron chi connectivity index (χ4n) is 2.95. The minimum atomic E-state index is 0.209. The molecule has 0 saturated carbocycles. The van der Waals surface area contributed by atoms with Crippen molar-refractivity contribution < 1.29 is 4.74 Å². The van der Waals surface area contributed by atoms with Crippen molar-refractivity contribution in [3.8, 4) is 0 Å². The predicted molar refractivity (Wildman–Crippen MR) is 70.8 cm³/mol. The van der Waals surface area contributed by atoms with Crippen LogP contribution >= 0.6 is 11.8 Å². The van der Waals surface area contributed by atoms with Gasteiger partial charge in [-0.2, -0.15) is 11.8 Å². The smallest absolute Gasteiger partial charge is 0.0701 e. The summed E-state index contributed by atoms with van der Waals surface area (Å²) in [5.41, 5.74) is 6.40. The number of rotatable bonds is 2. The molecule has 1 spiro atoms. The number of thioether (sulfide) groups is 1. The second-order valence-electron chi connectivity index (χ2n) is 6.03. The van der Waals surface area contributed by atoms with Crippen molar-refractivity contribution in [3.05, 3.63) is 0 Å². The summed E-state index contributed by atoms with van der Waals surface area (Å²) < 4.78 is 6.12. The molecule has 0 bridgehead atoms. The lowest BCUT2D eigenvalue weighted by molar-refractivity contribution is -0.119. The highest BCUT2D eigenvalue weighted by molar-refractivity contribution is 7.99. The van der Waals surface area contributed by atoms with Gasteiger partial charge in [0.1, 0.15) is 0 Å². The minimum Gasteiger partial charge on any atom is -0.375 e. The fourth-order valence-corrected chi connectivity index (χ4v) is 4.19. The molecule has 2 aliphatic heterocycles. The van der Waals surface area contributed by atoms with Gasteiger partial charge in [0.05, 0.1) is 5.60 Å². The number of nitrogens with two attached hydrogens (primary N) is 1. The lowest BCUT2D eigenvalue weighted by Crippen LogP contribution is -2.47. The molecule has 94 valence electrons. The van der Waals surface area contributed by atoms with Crippen molar-refractivity contribution >= 4 is 11.8 Å². The Morgan fingerprint density at radius 3 is 2.69 bits per heavy atom.